The Bertz CT molecular complexity index is 1350. The fraction of sp³-hybridized carbons (Fsp3) is 0.375. The van der Waals surface area contributed by atoms with Gasteiger partial charge in [-0.15, -0.1) is 9.24 Å². The van der Waals surface area contributed by atoms with Gasteiger partial charge in [0.1, 0.15) is 0 Å². The van der Waals surface area contributed by atoms with Crippen molar-refractivity contribution in [2.24, 2.45) is 23.7 Å². The van der Waals surface area contributed by atoms with Crippen LogP contribution in [0.1, 0.15) is 43.2 Å². The zero-order valence-electron chi connectivity index (χ0n) is 21.7. The van der Waals surface area contributed by atoms with Gasteiger partial charge in [0.15, 0.2) is 0 Å². The van der Waals surface area contributed by atoms with Crippen LogP contribution in [0.5, 0.6) is 0 Å². The first kappa shape index (κ1) is 24.5. The molecular formula is C32H34N4P2. The highest BCUT2D eigenvalue weighted by Gasteiger charge is 2.57. The Morgan fingerprint density at radius 1 is 0.789 bits per heavy atom. The molecule has 0 radical (unpaired) electrons. The van der Waals surface area contributed by atoms with Crippen molar-refractivity contribution < 1.29 is 0 Å². The second-order valence-electron chi connectivity index (χ2n) is 11.6. The number of aromatic nitrogens is 4. The predicted molar refractivity (Wildman–Crippen MR) is 159 cm³/mol. The Morgan fingerprint density at radius 3 is 2.08 bits per heavy atom. The molecule has 8 rings (SSSR count). The summed E-state index contributed by atoms with van der Waals surface area (Å²) < 4.78 is 0. The largest absolute Gasteiger partial charge is 0.261 e. The second kappa shape index (κ2) is 10.2. The van der Waals surface area contributed by atoms with E-state index in [-0.39, 0.29) is 5.41 Å². The molecule has 0 aliphatic heterocycles. The van der Waals surface area contributed by atoms with Crippen LogP contribution < -0.4 is 10.9 Å². The van der Waals surface area contributed by atoms with Gasteiger partial charge in [-0.25, -0.2) is 0 Å². The first-order valence-corrected chi connectivity index (χ1v) is 16.3. The van der Waals surface area contributed by atoms with Gasteiger partial charge in [0.05, 0.1) is 23.3 Å². The van der Waals surface area contributed by atoms with Crippen molar-refractivity contribution in [2.75, 3.05) is 6.16 Å². The number of nitrogens with zero attached hydrogens (tertiary/aromatic N) is 4. The van der Waals surface area contributed by atoms with Gasteiger partial charge in [0, 0.05) is 38.9 Å². The maximum Gasteiger partial charge on any atom is 0.0877 e. The van der Waals surface area contributed by atoms with Crippen LogP contribution in [0.2, 0.25) is 0 Å². The molecule has 4 nitrogen and oxygen atoms in total. The molecule has 4 aromatic rings. The normalized spacial score (nSPS) is 27.6. The Kier molecular flexibility index (Phi) is 6.58. The molecule has 0 spiro atoms. The van der Waals surface area contributed by atoms with Crippen molar-refractivity contribution in [3.63, 3.8) is 0 Å². The van der Waals surface area contributed by atoms with Crippen LogP contribution in [0.4, 0.5) is 0 Å². The highest BCUT2D eigenvalue weighted by atomic mass is 31.1. The lowest BCUT2D eigenvalue weighted by atomic mass is 9.43. The fourth-order valence-electron chi connectivity index (χ4n) is 8.31. The number of benzene rings is 2. The molecule has 4 aliphatic rings. The van der Waals surface area contributed by atoms with Crippen LogP contribution in [0.25, 0.3) is 11.1 Å². The highest BCUT2D eigenvalue weighted by Crippen LogP contribution is 2.64. The average molecular weight is 537 g/mol. The topological polar surface area (TPSA) is 51.6 Å². The Morgan fingerprint density at radius 2 is 1.47 bits per heavy atom. The lowest BCUT2D eigenvalue weighted by Crippen LogP contribution is -2.56. The molecule has 4 aliphatic carbocycles. The van der Waals surface area contributed by atoms with Crippen LogP contribution in [0.3, 0.4) is 0 Å². The van der Waals surface area contributed by atoms with E-state index in [1.54, 1.807) is 18.0 Å². The van der Waals surface area contributed by atoms with E-state index in [2.05, 4.69) is 67.7 Å². The zero-order chi connectivity index (χ0) is 25.5. The van der Waals surface area contributed by atoms with Crippen LogP contribution >= 0.6 is 17.2 Å². The zero-order valence-corrected chi connectivity index (χ0v) is 23.7. The van der Waals surface area contributed by atoms with E-state index in [0.717, 1.165) is 40.7 Å². The quantitative estimate of drug-likeness (QED) is 0.267. The molecule has 0 amide bonds. The van der Waals surface area contributed by atoms with Gasteiger partial charge in [-0.1, -0.05) is 48.5 Å². The first-order valence-electron chi connectivity index (χ1n) is 13.9. The number of hydrogen-bond donors (Lipinski definition) is 0. The Labute approximate surface area is 229 Å². The van der Waals surface area contributed by atoms with Gasteiger partial charge in [0.25, 0.3) is 0 Å². The minimum Gasteiger partial charge on any atom is -0.261 e. The molecule has 4 fully saturated rings. The minimum atomic E-state index is -0.837. The van der Waals surface area contributed by atoms with Gasteiger partial charge in [0.2, 0.25) is 0 Å². The van der Waals surface area contributed by atoms with Crippen molar-refractivity contribution in [3.8, 4) is 11.1 Å². The van der Waals surface area contributed by atoms with Crippen LogP contribution in [0, 0.1) is 23.7 Å². The molecule has 4 atom stereocenters. The van der Waals surface area contributed by atoms with Crippen molar-refractivity contribution in [2.45, 2.75) is 43.7 Å². The maximum absolute atomic E-state index is 4.78. The summed E-state index contributed by atoms with van der Waals surface area (Å²) in [5.74, 6) is 3.41. The molecule has 4 unspecified atom stereocenters. The van der Waals surface area contributed by atoms with Crippen molar-refractivity contribution >= 4 is 28.0 Å². The smallest absolute Gasteiger partial charge is 0.0877 e. The van der Waals surface area contributed by atoms with E-state index < -0.39 is 7.92 Å². The van der Waals surface area contributed by atoms with E-state index >= 15 is 0 Å². The monoisotopic (exact) mass is 536 g/mol. The molecule has 4 bridgehead atoms. The molecule has 2 aromatic carbocycles. The molecule has 6 heteroatoms. The fourth-order valence-corrected chi connectivity index (χ4v) is 11.1. The third-order valence-corrected chi connectivity index (χ3v) is 12.2. The average Bonchev–Trinajstić information content (AvgIpc) is 2.97. The maximum atomic E-state index is 4.78. The van der Waals surface area contributed by atoms with E-state index in [0.29, 0.717) is 0 Å². The summed E-state index contributed by atoms with van der Waals surface area (Å²) in [6.07, 6.45) is 20.2. The summed E-state index contributed by atoms with van der Waals surface area (Å²) in [5.41, 5.74) is 7.97. The lowest BCUT2D eigenvalue weighted by molar-refractivity contribution is -0.0520. The first-order chi connectivity index (χ1) is 18.7. The second-order valence-corrected chi connectivity index (χ2v) is 14.1. The molecule has 4 saturated carbocycles. The third kappa shape index (κ3) is 4.31. The molecule has 38 heavy (non-hydrogen) atoms. The van der Waals surface area contributed by atoms with E-state index in [1.807, 2.05) is 24.8 Å². The minimum absolute atomic E-state index is 0.285. The van der Waals surface area contributed by atoms with Crippen LogP contribution in [-0.2, 0) is 11.6 Å². The summed E-state index contributed by atoms with van der Waals surface area (Å²) in [6.45, 7) is 0. The van der Waals surface area contributed by atoms with Crippen molar-refractivity contribution in [1.29, 1.82) is 0 Å². The van der Waals surface area contributed by atoms with E-state index in [4.69, 9.17) is 9.97 Å². The van der Waals surface area contributed by atoms with E-state index in [1.165, 1.54) is 55.0 Å². The predicted octanol–water partition coefficient (Wildman–Crippen LogP) is 6.14. The van der Waals surface area contributed by atoms with Gasteiger partial charge >= 0.3 is 0 Å². The highest BCUT2D eigenvalue weighted by molar-refractivity contribution is 7.71. The standard InChI is InChI=1S/C32H34N4P2/c37-20-29-26-13-22-12-23(14-26)17-32(29,16-22)28-7-6-25(24-4-2-1-3-5-24)15-27(28)21-38(30-18-33-8-10-35-30)31-19-34-9-11-36-31/h1-11,15,18-19,22-23,26,29H,12-14,16-17,20-21,37H2. The molecule has 192 valence electrons. The summed E-state index contributed by atoms with van der Waals surface area (Å²) in [7, 11) is 2.30. The van der Waals surface area contributed by atoms with Crippen LogP contribution in [-0.4, -0.2) is 26.1 Å². The summed E-state index contributed by atoms with van der Waals surface area (Å²) in [4.78, 5) is 18.4. The van der Waals surface area contributed by atoms with E-state index in [9.17, 15) is 0 Å². The lowest BCUT2D eigenvalue weighted by Gasteiger charge is -2.62. The van der Waals surface area contributed by atoms with Crippen LogP contribution in [0.15, 0.2) is 85.7 Å². The van der Waals surface area contributed by atoms with Gasteiger partial charge in [-0.05, 0) is 89.6 Å². The van der Waals surface area contributed by atoms with Gasteiger partial charge < -0.3 is 0 Å². The summed E-state index contributed by atoms with van der Waals surface area (Å²) in [5, 5.41) is 0. The van der Waals surface area contributed by atoms with Crippen molar-refractivity contribution in [3.05, 3.63) is 96.8 Å². The number of rotatable bonds is 7. The summed E-state index contributed by atoms with van der Waals surface area (Å²) in [6, 6.07) is 18.2. The molecule has 2 aromatic heterocycles. The molecular weight excluding hydrogens is 502 g/mol. The summed E-state index contributed by atoms with van der Waals surface area (Å²) >= 11 is 0. The molecule has 0 saturated heterocycles. The molecule has 2 heterocycles. The van der Waals surface area contributed by atoms with Crippen molar-refractivity contribution in [1.82, 2.24) is 19.9 Å². The Balaban J connectivity index is 1.39. The third-order valence-electron chi connectivity index (χ3n) is 9.51. The molecule has 0 N–H and O–H groups in total. The van der Waals surface area contributed by atoms with Gasteiger partial charge in [-0.2, -0.15) is 0 Å². The SMILES string of the molecule is PCC1C2CC3CC(C2)CC1(c1ccc(-c2ccccc2)cc1CP(c1cnccn1)c1cnccn1)C3. The van der Waals surface area contributed by atoms with Gasteiger partial charge in [-0.3, -0.25) is 19.9 Å². The Hall–Kier alpha value is -2.54. The number of hydrogen-bond acceptors (Lipinski definition) is 4.